The van der Waals surface area contributed by atoms with E-state index in [4.69, 9.17) is 9.47 Å². The molecule has 0 radical (unpaired) electrons. The number of esters is 1. The van der Waals surface area contributed by atoms with Gasteiger partial charge in [0.15, 0.2) is 11.9 Å². The fraction of sp³-hybridized carbons (Fsp3) is 0.136. The van der Waals surface area contributed by atoms with Gasteiger partial charge in [-0.2, -0.15) is 0 Å². The van der Waals surface area contributed by atoms with E-state index >= 15 is 0 Å². The van der Waals surface area contributed by atoms with Gasteiger partial charge in [-0.3, -0.25) is 4.79 Å². The summed E-state index contributed by atoms with van der Waals surface area (Å²) in [5, 5.41) is 2.35. The number of carbonyl (C=O) groups excluding carboxylic acids is 1. The fourth-order valence-electron chi connectivity index (χ4n) is 3.12. The second-order valence-corrected chi connectivity index (χ2v) is 6.42. The standard InChI is InChI=1S/C22H18N2O4/c1-13(20-23-18-10-6-5-9-16(18)21(25)24-20)28-22(26)17-11-14-7-3-4-8-15(14)12-19(17)27-2/h3-13H,1-2H3,(H,23,24,25)/t13-/m1/s1. The molecule has 0 bridgehead atoms. The number of para-hydroxylation sites is 1. The minimum atomic E-state index is -0.735. The number of hydrogen-bond donors (Lipinski definition) is 1. The first-order chi connectivity index (χ1) is 13.6. The van der Waals surface area contributed by atoms with Crippen molar-refractivity contribution in [1.29, 1.82) is 0 Å². The van der Waals surface area contributed by atoms with Crippen LogP contribution in [0.5, 0.6) is 5.75 Å². The number of ether oxygens (including phenoxy) is 2. The number of hydrogen-bond acceptors (Lipinski definition) is 5. The van der Waals surface area contributed by atoms with E-state index in [1.54, 1.807) is 43.3 Å². The number of methoxy groups -OCH3 is 1. The second-order valence-electron chi connectivity index (χ2n) is 6.42. The zero-order valence-corrected chi connectivity index (χ0v) is 15.4. The first kappa shape index (κ1) is 17.7. The van der Waals surface area contributed by atoms with Gasteiger partial charge in [0.05, 0.1) is 18.0 Å². The van der Waals surface area contributed by atoms with Crippen LogP contribution in [0.25, 0.3) is 21.7 Å². The number of H-pyrrole nitrogens is 1. The summed E-state index contributed by atoms with van der Waals surface area (Å²) in [4.78, 5) is 32.1. The SMILES string of the molecule is COc1cc2ccccc2cc1C(=O)O[C@H](C)c1nc2ccccc2c(=O)[nH]1. The van der Waals surface area contributed by atoms with Crippen molar-refractivity contribution in [2.24, 2.45) is 0 Å². The molecule has 0 saturated carbocycles. The van der Waals surface area contributed by atoms with Gasteiger partial charge in [-0.1, -0.05) is 36.4 Å². The van der Waals surface area contributed by atoms with E-state index in [-0.39, 0.29) is 11.4 Å². The van der Waals surface area contributed by atoms with Gasteiger partial charge in [0.2, 0.25) is 0 Å². The second kappa shape index (κ2) is 7.15. The summed E-state index contributed by atoms with van der Waals surface area (Å²) >= 11 is 0. The van der Waals surface area contributed by atoms with Gasteiger partial charge >= 0.3 is 5.97 Å². The zero-order valence-electron chi connectivity index (χ0n) is 15.4. The molecular weight excluding hydrogens is 356 g/mol. The number of fused-ring (bicyclic) bond motifs is 2. The topological polar surface area (TPSA) is 81.3 Å². The van der Waals surface area contributed by atoms with E-state index < -0.39 is 12.1 Å². The van der Waals surface area contributed by atoms with Gasteiger partial charge < -0.3 is 14.5 Å². The molecule has 3 aromatic carbocycles. The maximum Gasteiger partial charge on any atom is 0.342 e. The Hall–Kier alpha value is -3.67. The maximum atomic E-state index is 12.8. The monoisotopic (exact) mass is 374 g/mol. The summed E-state index contributed by atoms with van der Waals surface area (Å²) in [5.41, 5.74) is 0.593. The van der Waals surface area contributed by atoms with Crippen molar-refractivity contribution in [3.05, 3.63) is 82.4 Å². The van der Waals surface area contributed by atoms with Crippen LogP contribution >= 0.6 is 0 Å². The number of aromatic amines is 1. The molecule has 28 heavy (non-hydrogen) atoms. The van der Waals surface area contributed by atoms with Gasteiger partial charge in [0, 0.05) is 0 Å². The highest BCUT2D eigenvalue weighted by molar-refractivity contribution is 5.98. The van der Waals surface area contributed by atoms with E-state index in [1.807, 2.05) is 24.3 Å². The Kier molecular flexibility index (Phi) is 4.53. The molecule has 6 nitrogen and oxygen atoms in total. The van der Waals surface area contributed by atoms with Crippen LogP contribution in [0.2, 0.25) is 0 Å². The number of aromatic nitrogens is 2. The third kappa shape index (κ3) is 3.20. The first-order valence-electron chi connectivity index (χ1n) is 8.83. The van der Waals surface area contributed by atoms with Crippen molar-refractivity contribution in [3.8, 4) is 5.75 Å². The van der Waals surface area contributed by atoms with Crippen molar-refractivity contribution < 1.29 is 14.3 Å². The Labute approximate surface area is 160 Å². The van der Waals surface area contributed by atoms with Crippen molar-refractivity contribution in [2.45, 2.75) is 13.0 Å². The van der Waals surface area contributed by atoms with Crippen LogP contribution in [0.1, 0.15) is 29.2 Å². The molecule has 1 heterocycles. The van der Waals surface area contributed by atoms with Crippen molar-refractivity contribution in [2.75, 3.05) is 7.11 Å². The molecule has 0 aliphatic rings. The molecule has 0 spiro atoms. The number of rotatable bonds is 4. The van der Waals surface area contributed by atoms with E-state index in [0.717, 1.165) is 10.8 Å². The molecule has 4 aromatic rings. The highest BCUT2D eigenvalue weighted by Gasteiger charge is 2.20. The van der Waals surface area contributed by atoms with Crippen LogP contribution in [-0.4, -0.2) is 23.0 Å². The largest absolute Gasteiger partial charge is 0.496 e. The van der Waals surface area contributed by atoms with Gasteiger partial charge in [-0.15, -0.1) is 0 Å². The fourth-order valence-corrected chi connectivity index (χ4v) is 3.12. The molecule has 0 fully saturated rings. The van der Waals surface area contributed by atoms with Crippen LogP contribution in [0.3, 0.4) is 0 Å². The lowest BCUT2D eigenvalue weighted by Gasteiger charge is -2.15. The molecule has 6 heteroatoms. The summed E-state index contributed by atoms with van der Waals surface area (Å²) in [6.45, 7) is 1.67. The van der Waals surface area contributed by atoms with Gasteiger partial charge in [-0.25, -0.2) is 9.78 Å². The van der Waals surface area contributed by atoms with E-state index in [1.165, 1.54) is 7.11 Å². The average Bonchev–Trinajstić information content (AvgIpc) is 2.72. The highest BCUT2D eigenvalue weighted by atomic mass is 16.5. The van der Waals surface area contributed by atoms with Crippen LogP contribution in [-0.2, 0) is 4.74 Å². The predicted molar refractivity (Wildman–Crippen MR) is 107 cm³/mol. The Morgan fingerprint density at radius 1 is 1.04 bits per heavy atom. The Morgan fingerprint density at radius 3 is 2.46 bits per heavy atom. The maximum absolute atomic E-state index is 12.8. The van der Waals surface area contributed by atoms with Crippen LogP contribution in [0, 0.1) is 0 Å². The third-order valence-electron chi connectivity index (χ3n) is 4.59. The normalized spacial score (nSPS) is 12.1. The van der Waals surface area contributed by atoms with Crippen molar-refractivity contribution in [3.63, 3.8) is 0 Å². The summed E-state index contributed by atoms with van der Waals surface area (Å²) in [6, 6.07) is 18.2. The van der Waals surface area contributed by atoms with E-state index in [9.17, 15) is 9.59 Å². The predicted octanol–water partition coefficient (Wildman–Crippen LogP) is 4.00. The lowest BCUT2D eigenvalue weighted by atomic mass is 10.1. The lowest BCUT2D eigenvalue weighted by molar-refractivity contribution is 0.0316. The van der Waals surface area contributed by atoms with Crippen LogP contribution in [0.15, 0.2) is 65.5 Å². The minimum absolute atomic E-state index is 0.271. The summed E-state index contributed by atoms with van der Waals surface area (Å²) in [6.07, 6.45) is -0.735. The first-order valence-corrected chi connectivity index (χ1v) is 8.83. The summed E-state index contributed by atoms with van der Waals surface area (Å²) in [7, 11) is 1.51. The molecule has 0 aliphatic carbocycles. The number of carbonyl (C=O) groups is 1. The smallest absolute Gasteiger partial charge is 0.342 e. The molecular formula is C22H18N2O4. The van der Waals surface area contributed by atoms with Crippen LogP contribution < -0.4 is 10.3 Å². The van der Waals surface area contributed by atoms with Crippen molar-refractivity contribution in [1.82, 2.24) is 9.97 Å². The minimum Gasteiger partial charge on any atom is -0.496 e. The van der Waals surface area contributed by atoms with Crippen LogP contribution in [0.4, 0.5) is 0 Å². The Bertz CT molecular complexity index is 1250. The number of benzene rings is 3. The number of nitrogens with one attached hydrogen (secondary N) is 1. The van der Waals surface area contributed by atoms with Gasteiger partial charge in [0.25, 0.3) is 5.56 Å². The molecule has 0 unspecified atom stereocenters. The molecule has 1 aromatic heterocycles. The highest BCUT2D eigenvalue weighted by Crippen LogP contribution is 2.28. The molecule has 0 saturated heterocycles. The third-order valence-corrected chi connectivity index (χ3v) is 4.59. The summed E-state index contributed by atoms with van der Waals surface area (Å²) < 4.78 is 10.9. The molecule has 1 atom stereocenters. The van der Waals surface area contributed by atoms with Gasteiger partial charge in [0.1, 0.15) is 11.3 Å². The molecule has 0 amide bonds. The summed E-state index contributed by atoms with van der Waals surface area (Å²) in [5.74, 6) is 0.165. The molecule has 0 aliphatic heterocycles. The quantitative estimate of drug-likeness (QED) is 0.546. The van der Waals surface area contributed by atoms with Gasteiger partial charge in [-0.05, 0) is 42.0 Å². The zero-order chi connectivity index (χ0) is 19.7. The van der Waals surface area contributed by atoms with E-state index in [2.05, 4.69) is 9.97 Å². The average molecular weight is 374 g/mol. The lowest BCUT2D eigenvalue weighted by Crippen LogP contribution is -2.17. The molecule has 1 N–H and O–H groups in total. The van der Waals surface area contributed by atoms with Crippen molar-refractivity contribution >= 4 is 27.6 Å². The molecule has 140 valence electrons. The Balaban J connectivity index is 1.66. The Morgan fingerprint density at radius 2 is 1.71 bits per heavy atom. The van der Waals surface area contributed by atoms with E-state index in [0.29, 0.717) is 22.2 Å². The number of nitrogens with zero attached hydrogens (tertiary/aromatic N) is 1. The molecule has 4 rings (SSSR count).